The number of hydrogen-bond acceptors (Lipinski definition) is 4. The van der Waals surface area contributed by atoms with Gasteiger partial charge in [-0.25, -0.2) is 0 Å². The summed E-state index contributed by atoms with van der Waals surface area (Å²) in [4.78, 5) is 22.3. The summed E-state index contributed by atoms with van der Waals surface area (Å²) in [5.74, 6) is -0.330. The molecule has 96 valence electrons. The Morgan fingerprint density at radius 3 is 2.31 bits per heavy atom. The van der Waals surface area contributed by atoms with E-state index in [4.69, 9.17) is 16.3 Å². The maximum Gasteiger partial charge on any atom is 0.323 e. The molecule has 0 aliphatic carbocycles. The highest BCUT2D eigenvalue weighted by Crippen LogP contribution is 2.02. The summed E-state index contributed by atoms with van der Waals surface area (Å²) in [7, 11) is 0. The summed E-state index contributed by atoms with van der Waals surface area (Å²) in [6.07, 6.45) is 1.47. The highest BCUT2D eigenvalue weighted by molar-refractivity contribution is 6.64. The van der Waals surface area contributed by atoms with Gasteiger partial charge in [0, 0.05) is 0 Å². The molecule has 1 N–H and O–H groups in total. The number of carbonyl (C=O) groups is 2. The standard InChI is InChI=1S/C10H18ClNO3.ClH/c1-4-6-8(10(14)15-5-2)12-7(3)9(11)13;/h7-8,12H,4-6H2,1-3H3;1H/t7-,8-;/m0./s1. The van der Waals surface area contributed by atoms with Gasteiger partial charge in [0.15, 0.2) is 0 Å². The van der Waals surface area contributed by atoms with E-state index in [-0.39, 0.29) is 18.4 Å². The van der Waals surface area contributed by atoms with Gasteiger partial charge < -0.3 is 4.74 Å². The molecule has 6 heteroatoms. The van der Waals surface area contributed by atoms with E-state index in [9.17, 15) is 9.59 Å². The van der Waals surface area contributed by atoms with Crippen LogP contribution in [0.5, 0.6) is 0 Å². The minimum Gasteiger partial charge on any atom is -0.465 e. The first-order chi connectivity index (χ1) is 7.02. The van der Waals surface area contributed by atoms with Crippen molar-refractivity contribution < 1.29 is 14.3 Å². The van der Waals surface area contributed by atoms with E-state index in [0.717, 1.165) is 6.42 Å². The lowest BCUT2D eigenvalue weighted by molar-refractivity contribution is -0.146. The maximum atomic E-state index is 11.5. The van der Waals surface area contributed by atoms with Crippen LogP contribution in [0.1, 0.15) is 33.6 Å². The van der Waals surface area contributed by atoms with Crippen molar-refractivity contribution in [1.82, 2.24) is 5.32 Å². The fourth-order valence-corrected chi connectivity index (χ4v) is 1.23. The van der Waals surface area contributed by atoms with Crippen LogP contribution in [0.25, 0.3) is 0 Å². The highest BCUT2D eigenvalue weighted by atomic mass is 35.5. The van der Waals surface area contributed by atoms with Crippen molar-refractivity contribution >= 4 is 35.2 Å². The number of ether oxygens (including phenoxy) is 1. The zero-order valence-electron chi connectivity index (χ0n) is 9.79. The Labute approximate surface area is 107 Å². The second-order valence-corrected chi connectivity index (χ2v) is 3.66. The summed E-state index contributed by atoms with van der Waals surface area (Å²) < 4.78 is 4.88. The summed E-state index contributed by atoms with van der Waals surface area (Å²) in [5.41, 5.74) is 0. The molecule has 4 nitrogen and oxygen atoms in total. The van der Waals surface area contributed by atoms with Crippen molar-refractivity contribution in [2.24, 2.45) is 0 Å². The number of esters is 1. The van der Waals surface area contributed by atoms with E-state index in [0.29, 0.717) is 13.0 Å². The quantitative estimate of drug-likeness (QED) is 0.568. The van der Waals surface area contributed by atoms with E-state index in [2.05, 4.69) is 5.32 Å². The Morgan fingerprint density at radius 1 is 1.38 bits per heavy atom. The molecule has 0 bridgehead atoms. The first-order valence-corrected chi connectivity index (χ1v) is 5.52. The Kier molecular flexibility index (Phi) is 11.1. The van der Waals surface area contributed by atoms with E-state index < -0.39 is 17.3 Å². The topological polar surface area (TPSA) is 55.4 Å². The van der Waals surface area contributed by atoms with Crippen LogP contribution in [0.3, 0.4) is 0 Å². The molecule has 0 aliphatic heterocycles. The van der Waals surface area contributed by atoms with Crippen molar-refractivity contribution in [2.75, 3.05) is 6.61 Å². The van der Waals surface area contributed by atoms with Gasteiger partial charge in [0.2, 0.25) is 5.24 Å². The maximum absolute atomic E-state index is 11.5. The smallest absolute Gasteiger partial charge is 0.323 e. The first-order valence-electron chi connectivity index (χ1n) is 5.14. The fraction of sp³-hybridized carbons (Fsp3) is 0.800. The highest BCUT2D eigenvalue weighted by Gasteiger charge is 2.22. The van der Waals surface area contributed by atoms with Crippen LogP contribution in [0.15, 0.2) is 0 Å². The van der Waals surface area contributed by atoms with Crippen molar-refractivity contribution in [3.8, 4) is 0 Å². The molecule has 0 heterocycles. The average Bonchev–Trinajstić information content (AvgIpc) is 2.17. The molecule has 0 fully saturated rings. The van der Waals surface area contributed by atoms with Crippen LogP contribution in [0.2, 0.25) is 0 Å². The monoisotopic (exact) mass is 271 g/mol. The molecule has 0 aliphatic rings. The molecule has 0 rings (SSSR count). The zero-order chi connectivity index (χ0) is 11.8. The number of hydrogen-bond donors (Lipinski definition) is 1. The molecule has 0 aromatic rings. The second-order valence-electron chi connectivity index (χ2n) is 3.29. The van der Waals surface area contributed by atoms with E-state index in [1.165, 1.54) is 0 Å². The third-order valence-corrected chi connectivity index (χ3v) is 2.27. The lowest BCUT2D eigenvalue weighted by atomic mass is 10.1. The molecule has 0 saturated carbocycles. The molecular formula is C10H19Cl2NO3. The van der Waals surface area contributed by atoms with Crippen molar-refractivity contribution in [3.05, 3.63) is 0 Å². The Balaban J connectivity index is 0. The third kappa shape index (κ3) is 7.04. The minimum absolute atomic E-state index is 0. The predicted octanol–water partition coefficient (Wildman–Crippen LogP) is 1.88. The molecule has 2 atom stereocenters. The number of nitrogens with one attached hydrogen (secondary N) is 1. The number of rotatable bonds is 7. The van der Waals surface area contributed by atoms with Gasteiger partial charge in [-0.15, -0.1) is 12.4 Å². The van der Waals surface area contributed by atoms with Crippen LogP contribution in [-0.2, 0) is 14.3 Å². The van der Waals surface area contributed by atoms with Gasteiger partial charge in [-0.3, -0.25) is 14.9 Å². The van der Waals surface area contributed by atoms with Crippen molar-refractivity contribution in [1.29, 1.82) is 0 Å². The van der Waals surface area contributed by atoms with Crippen molar-refractivity contribution in [3.63, 3.8) is 0 Å². The second kappa shape index (κ2) is 9.87. The van der Waals surface area contributed by atoms with E-state index in [1.54, 1.807) is 13.8 Å². The van der Waals surface area contributed by atoms with Gasteiger partial charge in [0.1, 0.15) is 6.04 Å². The van der Waals surface area contributed by atoms with Gasteiger partial charge in [0.05, 0.1) is 12.6 Å². The summed E-state index contributed by atoms with van der Waals surface area (Å²) >= 11 is 5.30. The number of halogens is 2. The predicted molar refractivity (Wildman–Crippen MR) is 66.0 cm³/mol. The van der Waals surface area contributed by atoms with Crippen molar-refractivity contribution in [2.45, 2.75) is 45.7 Å². The molecule has 0 amide bonds. The fourth-order valence-electron chi connectivity index (χ4n) is 1.17. The summed E-state index contributed by atoms with van der Waals surface area (Å²) in [6, 6.07) is -0.986. The van der Waals surface area contributed by atoms with Crippen LogP contribution in [0.4, 0.5) is 0 Å². The Hall–Kier alpha value is -0.320. The molecular weight excluding hydrogens is 253 g/mol. The van der Waals surface area contributed by atoms with E-state index >= 15 is 0 Å². The Morgan fingerprint density at radius 2 is 1.94 bits per heavy atom. The van der Waals surface area contributed by atoms with Crippen LogP contribution < -0.4 is 5.32 Å². The van der Waals surface area contributed by atoms with Gasteiger partial charge in [0.25, 0.3) is 0 Å². The zero-order valence-corrected chi connectivity index (χ0v) is 11.4. The molecule has 0 spiro atoms. The molecule has 0 unspecified atom stereocenters. The third-order valence-electron chi connectivity index (χ3n) is 1.94. The van der Waals surface area contributed by atoms with Gasteiger partial charge in [-0.05, 0) is 31.9 Å². The molecule has 0 aromatic carbocycles. The molecule has 0 aromatic heterocycles. The van der Waals surface area contributed by atoms with Crippen LogP contribution in [-0.4, -0.2) is 29.9 Å². The summed E-state index contributed by atoms with van der Waals surface area (Å²) in [6.45, 7) is 5.67. The Bertz CT molecular complexity index is 224. The SMILES string of the molecule is CCC[C@H](N[C@@H](C)C(=O)Cl)C(=O)OCC.Cl. The average molecular weight is 272 g/mol. The van der Waals surface area contributed by atoms with Crippen LogP contribution in [0, 0.1) is 0 Å². The normalized spacial score (nSPS) is 13.5. The largest absolute Gasteiger partial charge is 0.465 e. The first kappa shape index (κ1) is 18.1. The van der Waals surface area contributed by atoms with Gasteiger partial charge in [-0.1, -0.05) is 13.3 Å². The summed E-state index contributed by atoms with van der Waals surface area (Å²) in [5, 5.41) is 2.35. The minimum atomic E-state index is -0.535. The lowest BCUT2D eigenvalue weighted by Gasteiger charge is -2.19. The number of carbonyl (C=O) groups excluding carboxylic acids is 2. The van der Waals surface area contributed by atoms with Crippen LogP contribution >= 0.6 is 24.0 Å². The molecule has 0 saturated heterocycles. The van der Waals surface area contributed by atoms with Gasteiger partial charge >= 0.3 is 5.97 Å². The van der Waals surface area contributed by atoms with E-state index in [1.807, 2.05) is 6.92 Å². The van der Waals surface area contributed by atoms with Gasteiger partial charge in [-0.2, -0.15) is 0 Å². The molecule has 0 radical (unpaired) electrons. The molecule has 16 heavy (non-hydrogen) atoms. The lowest BCUT2D eigenvalue weighted by Crippen LogP contribution is -2.45.